The Balaban J connectivity index is 2.02. The van der Waals surface area contributed by atoms with Gasteiger partial charge < -0.3 is 14.2 Å². The van der Waals surface area contributed by atoms with Crippen molar-refractivity contribution in [2.75, 3.05) is 5.75 Å². The summed E-state index contributed by atoms with van der Waals surface area (Å²) in [5.74, 6) is 0.939. The third kappa shape index (κ3) is 3.53. The van der Waals surface area contributed by atoms with E-state index in [0.717, 1.165) is 17.6 Å². The Morgan fingerprint density at radius 3 is 2.84 bits per heavy atom. The summed E-state index contributed by atoms with van der Waals surface area (Å²) in [5.41, 5.74) is 0. The summed E-state index contributed by atoms with van der Waals surface area (Å²) in [7, 11) is 0. The molecule has 0 fully saturated rings. The van der Waals surface area contributed by atoms with Crippen LogP contribution in [0.5, 0.6) is 0 Å². The molecule has 0 saturated heterocycles. The molecule has 0 radical (unpaired) electrons. The second kappa shape index (κ2) is 5.83. The van der Waals surface area contributed by atoms with Crippen molar-refractivity contribution in [1.82, 2.24) is 24.9 Å². The summed E-state index contributed by atoms with van der Waals surface area (Å²) in [6.07, 6.45) is 0.580. The van der Waals surface area contributed by atoms with Gasteiger partial charge in [0.1, 0.15) is 5.82 Å². The number of aliphatic carboxylic acids is 1. The first-order valence-corrected chi connectivity index (χ1v) is 6.58. The quantitative estimate of drug-likeness (QED) is 0.772. The highest BCUT2D eigenvalue weighted by Crippen LogP contribution is 2.17. The summed E-state index contributed by atoms with van der Waals surface area (Å²) in [4.78, 5) is 14.7. The van der Waals surface area contributed by atoms with E-state index in [1.165, 1.54) is 0 Å². The van der Waals surface area contributed by atoms with Crippen molar-refractivity contribution < 1.29 is 14.4 Å². The van der Waals surface area contributed by atoms with Crippen LogP contribution in [0.3, 0.4) is 0 Å². The van der Waals surface area contributed by atoms with E-state index >= 15 is 0 Å². The van der Waals surface area contributed by atoms with Crippen LogP contribution in [0.1, 0.15) is 17.5 Å². The lowest BCUT2D eigenvalue weighted by molar-refractivity contribution is -0.133. The summed E-state index contributed by atoms with van der Waals surface area (Å²) in [6.45, 7) is 4.13. The van der Waals surface area contributed by atoms with Crippen LogP contribution in [-0.2, 0) is 17.8 Å². The van der Waals surface area contributed by atoms with Crippen LogP contribution in [0.25, 0.3) is 0 Å². The fourth-order valence-electron chi connectivity index (χ4n) is 1.51. The predicted molar refractivity (Wildman–Crippen MR) is 65.9 cm³/mol. The van der Waals surface area contributed by atoms with Gasteiger partial charge in [-0.3, -0.25) is 4.79 Å². The van der Waals surface area contributed by atoms with Gasteiger partial charge in [0.05, 0.1) is 5.75 Å². The van der Waals surface area contributed by atoms with E-state index in [4.69, 9.17) is 9.63 Å². The molecule has 0 aliphatic carbocycles. The van der Waals surface area contributed by atoms with Crippen molar-refractivity contribution in [3.8, 4) is 0 Å². The first kappa shape index (κ1) is 13.5. The van der Waals surface area contributed by atoms with Crippen molar-refractivity contribution in [3.63, 3.8) is 0 Å². The van der Waals surface area contributed by atoms with Gasteiger partial charge in [0.15, 0.2) is 11.0 Å². The topological polar surface area (TPSA) is 107 Å². The van der Waals surface area contributed by atoms with Gasteiger partial charge in [-0.05, 0) is 6.92 Å². The molecule has 0 unspecified atom stereocenters. The molecule has 0 aliphatic rings. The minimum atomic E-state index is -0.883. The van der Waals surface area contributed by atoms with E-state index in [1.807, 2.05) is 11.5 Å². The Labute approximate surface area is 113 Å². The number of hydrogen-bond acceptors (Lipinski definition) is 7. The minimum absolute atomic E-state index is 0.0422. The first-order valence-electron chi connectivity index (χ1n) is 5.60. The van der Waals surface area contributed by atoms with E-state index in [9.17, 15) is 4.79 Å². The zero-order valence-electron chi connectivity index (χ0n) is 10.5. The number of thioether (sulfide) groups is 1. The molecule has 2 aromatic rings. The van der Waals surface area contributed by atoms with Crippen molar-refractivity contribution in [2.45, 2.75) is 32.0 Å². The van der Waals surface area contributed by atoms with Gasteiger partial charge in [-0.25, -0.2) is 0 Å². The number of carboxylic acids is 1. The fourth-order valence-corrected chi connectivity index (χ4v) is 2.24. The van der Waals surface area contributed by atoms with Crippen LogP contribution in [0.15, 0.2) is 9.68 Å². The average molecular weight is 283 g/mol. The Kier molecular flexibility index (Phi) is 4.15. The Bertz CT molecular complexity index is 579. The molecule has 0 atom stereocenters. The Hall–Kier alpha value is -1.90. The zero-order chi connectivity index (χ0) is 13.8. The zero-order valence-corrected chi connectivity index (χ0v) is 11.3. The van der Waals surface area contributed by atoms with E-state index in [1.54, 1.807) is 6.92 Å². The monoisotopic (exact) mass is 283 g/mol. The maximum absolute atomic E-state index is 10.6. The molecular weight excluding hydrogens is 270 g/mol. The molecule has 0 amide bonds. The lowest BCUT2D eigenvalue weighted by Gasteiger charge is -2.05. The van der Waals surface area contributed by atoms with Crippen LogP contribution < -0.4 is 0 Å². The van der Waals surface area contributed by atoms with E-state index in [2.05, 4.69) is 20.3 Å². The Morgan fingerprint density at radius 2 is 2.21 bits per heavy atom. The smallest absolute Gasteiger partial charge is 0.313 e. The van der Waals surface area contributed by atoms with E-state index in [-0.39, 0.29) is 5.75 Å². The van der Waals surface area contributed by atoms with Crippen LogP contribution in [-0.4, -0.2) is 41.7 Å². The summed E-state index contributed by atoms with van der Waals surface area (Å²) < 4.78 is 6.74. The summed E-state index contributed by atoms with van der Waals surface area (Å²) >= 11 is 1.14. The molecule has 0 aromatic carbocycles. The molecule has 0 bridgehead atoms. The highest BCUT2D eigenvalue weighted by atomic mass is 32.2. The summed E-state index contributed by atoms with van der Waals surface area (Å²) in [6, 6.07) is 0. The molecule has 19 heavy (non-hydrogen) atoms. The van der Waals surface area contributed by atoms with Gasteiger partial charge in [0, 0.05) is 19.9 Å². The number of rotatable bonds is 6. The van der Waals surface area contributed by atoms with E-state index in [0.29, 0.717) is 29.8 Å². The molecule has 9 heteroatoms. The third-order valence-corrected chi connectivity index (χ3v) is 3.31. The minimum Gasteiger partial charge on any atom is -0.481 e. The molecule has 0 spiro atoms. The largest absolute Gasteiger partial charge is 0.481 e. The number of aryl methyl sites for hydroxylation is 3. The summed E-state index contributed by atoms with van der Waals surface area (Å²) in [5, 5.41) is 21.0. The number of aromatic nitrogens is 5. The van der Waals surface area contributed by atoms with Crippen molar-refractivity contribution in [3.05, 3.63) is 17.5 Å². The van der Waals surface area contributed by atoms with E-state index < -0.39 is 5.97 Å². The van der Waals surface area contributed by atoms with Crippen molar-refractivity contribution in [1.29, 1.82) is 0 Å². The van der Waals surface area contributed by atoms with Gasteiger partial charge >= 0.3 is 5.97 Å². The van der Waals surface area contributed by atoms with Crippen molar-refractivity contribution in [2.24, 2.45) is 0 Å². The first-order chi connectivity index (χ1) is 9.06. The van der Waals surface area contributed by atoms with Gasteiger partial charge in [-0.15, -0.1) is 10.2 Å². The molecule has 8 nitrogen and oxygen atoms in total. The van der Waals surface area contributed by atoms with Gasteiger partial charge in [0.2, 0.25) is 5.89 Å². The molecule has 0 saturated carbocycles. The molecular formula is C10H13N5O3S. The van der Waals surface area contributed by atoms with Crippen LogP contribution in [0.4, 0.5) is 0 Å². The second-order valence-corrected chi connectivity index (χ2v) is 4.79. The van der Waals surface area contributed by atoms with Gasteiger partial charge in [0.25, 0.3) is 0 Å². The second-order valence-electron chi connectivity index (χ2n) is 3.84. The van der Waals surface area contributed by atoms with Crippen molar-refractivity contribution >= 4 is 17.7 Å². The third-order valence-electron chi connectivity index (χ3n) is 2.36. The molecule has 102 valence electrons. The van der Waals surface area contributed by atoms with Crippen LogP contribution in [0, 0.1) is 13.8 Å². The van der Waals surface area contributed by atoms with Gasteiger partial charge in [-0.1, -0.05) is 16.9 Å². The maximum atomic E-state index is 10.6. The number of nitrogens with zero attached hydrogens (tertiary/aromatic N) is 5. The normalized spacial score (nSPS) is 10.8. The maximum Gasteiger partial charge on any atom is 0.313 e. The number of carbonyl (C=O) groups is 1. The fraction of sp³-hybridized carbons (Fsp3) is 0.500. The number of hydrogen-bond donors (Lipinski definition) is 1. The lowest BCUT2D eigenvalue weighted by Crippen LogP contribution is -2.07. The molecule has 1 N–H and O–H groups in total. The highest BCUT2D eigenvalue weighted by molar-refractivity contribution is 7.99. The predicted octanol–water partition coefficient (Wildman–Crippen LogP) is 0.697. The molecule has 0 aliphatic heterocycles. The van der Waals surface area contributed by atoms with Gasteiger partial charge in [-0.2, -0.15) is 4.98 Å². The standard InChI is InChI=1S/C10H13N5O3S/c1-6-12-13-10(19-5-9(16)17)15(6)4-3-8-11-7(2)18-14-8/h3-5H2,1-2H3,(H,16,17). The Morgan fingerprint density at radius 1 is 1.42 bits per heavy atom. The van der Waals surface area contributed by atoms with Crippen LogP contribution in [0.2, 0.25) is 0 Å². The highest BCUT2D eigenvalue weighted by Gasteiger charge is 2.12. The molecule has 2 heterocycles. The number of carboxylic acid groups (broad SMARTS) is 1. The molecule has 2 aromatic heterocycles. The lowest BCUT2D eigenvalue weighted by atomic mass is 10.4. The van der Waals surface area contributed by atoms with Crippen LogP contribution >= 0.6 is 11.8 Å². The molecule has 2 rings (SSSR count). The SMILES string of the molecule is Cc1nc(CCn2c(C)nnc2SCC(=O)O)no1. The average Bonchev–Trinajstić information content (AvgIpc) is 2.91.